The summed E-state index contributed by atoms with van der Waals surface area (Å²) in [6, 6.07) is 0. The maximum absolute atomic E-state index is 11.4. The van der Waals surface area contributed by atoms with Crippen molar-refractivity contribution in [2.45, 2.75) is 58.2 Å². The van der Waals surface area contributed by atoms with Gasteiger partial charge >= 0.3 is 11.9 Å². The van der Waals surface area contributed by atoms with Crippen LogP contribution in [0.15, 0.2) is 0 Å². The first-order valence-corrected chi connectivity index (χ1v) is 5.47. The van der Waals surface area contributed by atoms with Gasteiger partial charge in [0.25, 0.3) is 0 Å². The molecule has 0 N–H and O–H groups in total. The van der Waals surface area contributed by atoms with E-state index >= 15 is 0 Å². The third-order valence-electron chi connectivity index (χ3n) is 2.51. The average molecular weight is 214 g/mol. The van der Waals surface area contributed by atoms with E-state index in [4.69, 9.17) is 9.47 Å². The van der Waals surface area contributed by atoms with E-state index in [2.05, 4.69) is 0 Å². The predicted molar refractivity (Wildman–Crippen MR) is 54.2 cm³/mol. The number of rotatable bonds is 3. The Morgan fingerprint density at radius 3 is 2.33 bits per heavy atom. The minimum atomic E-state index is -0.788. The van der Waals surface area contributed by atoms with Crippen LogP contribution in [0.1, 0.15) is 46.0 Å². The van der Waals surface area contributed by atoms with Crippen LogP contribution in [-0.4, -0.2) is 24.1 Å². The summed E-state index contributed by atoms with van der Waals surface area (Å²) in [5.41, 5.74) is 0. The molecule has 15 heavy (non-hydrogen) atoms. The number of hydrogen-bond acceptors (Lipinski definition) is 4. The summed E-state index contributed by atoms with van der Waals surface area (Å²) >= 11 is 0. The molecule has 1 saturated carbocycles. The Morgan fingerprint density at radius 1 is 1.20 bits per heavy atom. The summed E-state index contributed by atoms with van der Waals surface area (Å²) in [7, 11) is 0. The van der Waals surface area contributed by atoms with Crippen molar-refractivity contribution in [3.63, 3.8) is 0 Å². The highest BCUT2D eigenvalue weighted by molar-refractivity contribution is 5.78. The third kappa shape index (κ3) is 4.32. The van der Waals surface area contributed by atoms with E-state index in [1.807, 2.05) is 0 Å². The molecule has 1 aliphatic carbocycles. The van der Waals surface area contributed by atoms with Gasteiger partial charge in [0.1, 0.15) is 6.10 Å². The molecule has 4 heteroatoms. The highest BCUT2D eigenvalue weighted by Crippen LogP contribution is 2.20. The van der Waals surface area contributed by atoms with E-state index in [-0.39, 0.29) is 6.10 Å². The van der Waals surface area contributed by atoms with Gasteiger partial charge in [-0.15, -0.1) is 0 Å². The number of hydrogen-bond donors (Lipinski definition) is 0. The minimum absolute atomic E-state index is 0.0178. The van der Waals surface area contributed by atoms with E-state index in [0.29, 0.717) is 0 Å². The Labute approximate surface area is 89.9 Å². The number of ether oxygens (including phenoxy) is 2. The summed E-state index contributed by atoms with van der Waals surface area (Å²) in [6.45, 7) is 2.82. The van der Waals surface area contributed by atoms with Crippen molar-refractivity contribution in [3.05, 3.63) is 0 Å². The van der Waals surface area contributed by atoms with Gasteiger partial charge < -0.3 is 9.47 Å². The first-order valence-electron chi connectivity index (χ1n) is 5.47. The second kappa shape index (κ2) is 5.73. The Kier molecular flexibility index (Phi) is 4.59. The van der Waals surface area contributed by atoms with Crippen LogP contribution in [0.4, 0.5) is 0 Å². The van der Waals surface area contributed by atoms with Crippen molar-refractivity contribution in [2.75, 3.05) is 0 Å². The van der Waals surface area contributed by atoms with Crippen LogP contribution in [0, 0.1) is 0 Å². The molecule has 0 bridgehead atoms. The highest BCUT2D eigenvalue weighted by atomic mass is 16.6. The van der Waals surface area contributed by atoms with Gasteiger partial charge in [0.05, 0.1) is 0 Å². The van der Waals surface area contributed by atoms with Crippen molar-refractivity contribution >= 4 is 11.9 Å². The molecule has 0 radical (unpaired) electrons. The molecular formula is C11H18O4. The van der Waals surface area contributed by atoms with Gasteiger partial charge in [-0.05, 0) is 32.6 Å². The van der Waals surface area contributed by atoms with Crippen LogP contribution in [0.25, 0.3) is 0 Å². The molecule has 1 aliphatic rings. The molecule has 0 aromatic heterocycles. The maximum Gasteiger partial charge on any atom is 0.347 e. The molecule has 86 valence electrons. The van der Waals surface area contributed by atoms with E-state index in [0.717, 1.165) is 25.7 Å². The standard InChI is InChI=1S/C11H18O4/c1-8(14-9(2)12)11(13)15-10-6-4-3-5-7-10/h8,10H,3-7H2,1-2H3. The van der Waals surface area contributed by atoms with Crippen LogP contribution in [-0.2, 0) is 19.1 Å². The van der Waals surface area contributed by atoms with Crippen molar-refractivity contribution < 1.29 is 19.1 Å². The number of esters is 2. The monoisotopic (exact) mass is 214 g/mol. The molecule has 0 aliphatic heterocycles. The van der Waals surface area contributed by atoms with Crippen molar-refractivity contribution in [1.29, 1.82) is 0 Å². The second-order valence-corrected chi connectivity index (χ2v) is 3.95. The lowest BCUT2D eigenvalue weighted by molar-refractivity contribution is -0.170. The molecular weight excluding hydrogens is 196 g/mol. The number of carbonyl (C=O) groups excluding carboxylic acids is 2. The van der Waals surface area contributed by atoms with Gasteiger partial charge in [-0.3, -0.25) is 4.79 Å². The molecule has 4 nitrogen and oxygen atoms in total. The summed E-state index contributed by atoms with van der Waals surface area (Å²) in [5, 5.41) is 0. The van der Waals surface area contributed by atoms with E-state index < -0.39 is 18.0 Å². The fourth-order valence-electron chi connectivity index (χ4n) is 1.74. The molecule has 1 unspecified atom stereocenters. The average Bonchev–Trinajstić information content (AvgIpc) is 2.18. The van der Waals surface area contributed by atoms with E-state index in [9.17, 15) is 9.59 Å². The van der Waals surface area contributed by atoms with Gasteiger partial charge in [0, 0.05) is 6.92 Å². The molecule has 1 rings (SSSR count). The predicted octanol–water partition coefficient (Wildman–Crippen LogP) is 1.81. The van der Waals surface area contributed by atoms with Crippen LogP contribution < -0.4 is 0 Å². The van der Waals surface area contributed by atoms with Gasteiger partial charge in [0.2, 0.25) is 0 Å². The molecule has 1 fully saturated rings. The molecule has 0 spiro atoms. The van der Waals surface area contributed by atoms with Gasteiger partial charge in [-0.1, -0.05) is 6.42 Å². The Hall–Kier alpha value is -1.06. The zero-order chi connectivity index (χ0) is 11.3. The van der Waals surface area contributed by atoms with Crippen LogP contribution in [0.2, 0.25) is 0 Å². The minimum Gasteiger partial charge on any atom is -0.460 e. The quantitative estimate of drug-likeness (QED) is 0.672. The van der Waals surface area contributed by atoms with Crippen LogP contribution >= 0.6 is 0 Å². The normalized spacial score (nSPS) is 19.3. The molecule has 0 heterocycles. The van der Waals surface area contributed by atoms with Crippen molar-refractivity contribution in [3.8, 4) is 0 Å². The van der Waals surface area contributed by atoms with Crippen LogP contribution in [0.5, 0.6) is 0 Å². The highest BCUT2D eigenvalue weighted by Gasteiger charge is 2.23. The van der Waals surface area contributed by atoms with Crippen molar-refractivity contribution in [1.82, 2.24) is 0 Å². The van der Waals surface area contributed by atoms with E-state index in [1.54, 1.807) is 0 Å². The molecule has 0 aromatic carbocycles. The summed E-state index contributed by atoms with van der Waals surface area (Å²) in [6.07, 6.45) is 4.53. The Balaban J connectivity index is 2.30. The van der Waals surface area contributed by atoms with Gasteiger partial charge in [-0.25, -0.2) is 4.79 Å². The zero-order valence-corrected chi connectivity index (χ0v) is 9.32. The lowest BCUT2D eigenvalue weighted by Crippen LogP contribution is -2.30. The lowest BCUT2D eigenvalue weighted by Gasteiger charge is -2.23. The Morgan fingerprint density at radius 2 is 1.80 bits per heavy atom. The number of carbonyl (C=O) groups is 2. The van der Waals surface area contributed by atoms with Gasteiger partial charge in [0.15, 0.2) is 6.10 Å². The molecule has 0 saturated heterocycles. The summed E-state index contributed by atoms with van der Waals surface area (Å²) < 4.78 is 9.98. The maximum atomic E-state index is 11.4. The SMILES string of the molecule is CC(=O)OC(C)C(=O)OC1CCCCC1. The second-order valence-electron chi connectivity index (χ2n) is 3.95. The largest absolute Gasteiger partial charge is 0.460 e. The molecule has 0 aromatic rings. The fourth-order valence-corrected chi connectivity index (χ4v) is 1.74. The fraction of sp³-hybridized carbons (Fsp3) is 0.818. The zero-order valence-electron chi connectivity index (χ0n) is 9.32. The third-order valence-corrected chi connectivity index (χ3v) is 2.51. The van der Waals surface area contributed by atoms with Crippen LogP contribution in [0.3, 0.4) is 0 Å². The van der Waals surface area contributed by atoms with Crippen molar-refractivity contribution in [2.24, 2.45) is 0 Å². The smallest absolute Gasteiger partial charge is 0.347 e. The first kappa shape index (κ1) is 12.0. The lowest BCUT2D eigenvalue weighted by atomic mass is 9.98. The first-order chi connectivity index (χ1) is 7.09. The summed E-state index contributed by atoms with van der Waals surface area (Å²) in [5.74, 6) is -0.889. The van der Waals surface area contributed by atoms with Gasteiger partial charge in [-0.2, -0.15) is 0 Å². The summed E-state index contributed by atoms with van der Waals surface area (Å²) in [4.78, 5) is 22.1. The molecule has 0 amide bonds. The van der Waals surface area contributed by atoms with E-state index in [1.165, 1.54) is 20.3 Å². The Bertz CT molecular complexity index is 231. The molecule has 1 atom stereocenters. The topological polar surface area (TPSA) is 52.6 Å².